The van der Waals surface area contributed by atoms with Gasteiger partial charge >= 0.3 is 0 Å². The van der Waals surface area contributed by atoms with E-state index >= 15 is 0 Å². The van der Waals surface area contributed by atoms with Crippen LogP contribution in [0.2, 0.25) is 0 Å². The molecule has 3 N–H and O–H groups in total. The summed E-state index contributed by atoms with van der Waals surface area (Å²) in [6, 6.07) is 5.23. The molecule has 1 aromatic rings. The van der Waals surface area contributed by atoms with E-state index in [1.807, 2.05) is 0 Å². The van der Waals surface area contributed by atoms with Gasteiger partial charge in [-0.05, 0) is 38.0 Å². The molecule has 2 rings (SSSR count). The molecule has 0 unspecified atom stereocenters. The molecule has 1 heterocycles. The summed E-state index contributed by atoms with van der Waals surface area (Å²) in [5, 5.41) is 3.07. The van der Waals surface area contributed by atoms with Crippen LogP contribution in [0.4, 0.5) is 5.69 Å². The van der Waals surface area contributed by atoms with Gasteiger partial charge in [0.1, 0.15) is 0 Å². The van der Waals surface area contributed by atoms with E-state index in [9.17, 15) is 4.79 Å². The van der Waals surface area contributed by atoms with E-state index in [-0.39, 0.29) is 11.4 Å². The highest BCUT2D eigenvalue weighted by molar-refractivity contribution is 9.10. The molecule has 0 saturated carbocycles. The van der Waals surface area contributed by atoms with Crippen LogP contribution < -0.4 is 11.1 Å². The van der Waals surface area contributed by atoms with Crippen molar-refractivity contribution in [3.8, 4) is 0 Å². The molecule has 18 heavy (non-hydrogen) atoms. The normalized spacial score (nSPS) is 18.3. The molecule has 0 aliphatic carbocycles. The Hall–Kier alpha value is -1.07. The molecule has 0 atom stereocenters. The smallest absolute Gasteiger partial charge is 0.251 e. The lowest BCUT2D eigenvalue weighted by Gasteiger charge is -2.34. The summed E-state index contributed by atoms with van der Waals surface area (Å²) in [6.07, 6.45) is 1.67. The molecule has 4 nitrogen and oxygen atoms in total. The molecule has 1 fully saturated rings. The molecule has 1 aromatic carbocycles. The van der Waals surface area contributed by atoms with Crippen LogP contribution in [0.15, 0.2) is 22.7 Å². The Morgan fingerprint density at radius 3 is 2.67 bits per heavy atom. The molecule has 0 radical (unpaired) electrons. The van der Waals surface area contributed by atoms with E-state index in [4.69, 9.17) is 10.5 Å². The van der Waals surface area contributed by atoms with Crippen LogP contribution in [0.1, 0.15) is 30.1 Å². The minimum absolute atomic E-state index is 0.0904. The lowest BCUT2D eigenvalue weighted by atomic mass is 9.92. The van der Waals surface area contributed by atoms with Crippen molar-refractivity contribution < 1.29 is 9.53 Å². The third-order valence-electron chi connectivity index (χ3n) is 3.19. The van der Waals surface area contributed by atoms with Crippen LogP contribution in [0.25, 0.3) is 0 Å². The van der Waals surface area contributed by atoms with E-state index < -0.39 is 0 Å². The lowest BCUT2D eigenvalue weighted by molar-refractivity contribution is 0.0423. The van der Waals surface area contributed by atoms with E-state index in [0.717, 1.165) is 17.3 Å². The number of ether oxygens (including phenoxy) is 1. The molecule has 1 amide bonds. The lowest BCUT2D eigenvalue weighted by Crippen LogP contribution is -2.49. The van der Waals surface area contributed by atoms with Crippen molar-refractivity contribution in [2.24, 2.45) is 0 Å². The van der Waals surface area contributed by atoms with Gasteiger partial charge in [-0.1, -0.05) is 15.9 Å². The molecule has 98 valence electrons. The summed E-state index contributed by atoms with van der Waals surface area (Å²) < 4.78 is 6.12. The Kier molecular flexibility index (Phi) is 3.92. The first-order valence-corrected chi connectivity index (χ1v) is 6.74. The van der Waals surface area contributed by atoms with Crippen molar-refractivity contribution in [1.82, 2.24) is 5.32 Å². The van der Waals surface area contributed by atoms with Gasteiger partial charge in [-0.15, -0.1) is 0 Å². The Balaban J connectivity index is 2.11. The van der Waals surface area contributed by atoms with E-state index in [0.29, 0.717) is 24.5 Å². The van der Waals surface area contributed by atoms with E-state index in [1.165, 1.54) is 0 Å². The van der Waals surface area contributed by atoms with Gasteiger partial charge < -0.3 is 15.8 Å². The highest BCUT2D eigenvalue weighted by Crippen LogP contribution is 2.22. The van der Waals surface area contributed by atoms with E-state index in [1.54, 1.807) is 18.2 Å². The first-order valence-electron chi connectivity index (χ1n) is 5.95. The molecule has 5 heteroatoms. The molecule has 1 aliphatic rings. The predicted octanol–water partition coefficient (Wildman–Crippen LogP) is 2.33. The first-order chi connectivity index (χ1) is 8.48. The maximum Gasteiger partial charge on any atom is 0.251 e. The number of nitrogen functional groups attached to an aromatic ring is 1. The second-order valence-corrected chi connectivity index (χ2v) is 5.82. The number of carbonyl (C=O) groups is 1. The Bertz CT molecular complexity index is 436. The van der Waals surface area contributed by atoms with Gasteiger partial charge in [-0.3, -0.25) is 4.79 Å². The van der Waals surface area contributed by atoms with Gasteiger partial charge in [-0.2, -0.15) is 0 Å². The molecule has 1 aliphatic heterocycles. The van der Waals surface area contributed by atoms with Gasteiger partial charge in [0.15, 0.2) is 0 Å². The number of amides is 1. The van der Waals surface area contributed by atoms with Gasteiger partial charge in [0.05, 0.1) is 0 Å². The fraction of sp³-hybridized carbons (Fsp3) is 0.462. The Morgan fingerprint density at radius 2 is 2.06 bits per heavy atom. The van der Waals surface area contributed by atoms with Crippen LogP contribution >= 0.6 is 15.9 Å². The average Bonchev–Trinajstić information content (AvgIpc) is 2.28. The number of carbonyl (C=O) groups excluding carboxylic acids is 1. The van der Waals surface area contributed by atoms with Crippen molar-refractivity contribution >= 4 is 27.5 Å². The van der Waals surface area contributed by atoms with Crippen LogP contribution in [0.3, 0.4) is 0 Å². The molecular weight excluding hydrogens is 296 g/mol. The van der Waals surface area contributed by atoms with Crippen molar-refractivity contribution in [3.63, 3.8) is 0 Å². The van der Waals surface area contributed by atoms with Crippen molar-refractivity contribution in [2.45, 2.75) is 25.3 Å². The second-order valence-electron chi connectivity index (χ2n) is 4.90. The largest absolute Gasteiger partial charge is 0.399 e. The molecule has 1 saturated heterocycles. The van der Waals surface area contributed by atoms with E-state index in [2.05, 4.69) is 28.2 Å². The van der Waals surface area contributed by atoms with Gasteiger partial charge in [0, 0.05) is 34.5 Å². The first kappa shape index (κ1) is 13.4. The second kappa shape index (κ2) is 5.28. The van der Waals surface area contributed by atoms with Crippen LogP contribution in [0, 0.1) is 0 Å². The number of hydrogen-bond donors (Lipinski definition) is 2. The summed E-state index contributed by atoms with van der Waals surface area (Å²) in [4.78, 5) is 12.2. The van der Waals surface area contributed by atoms with Gasteiger partial charge in [0.25, 0.3) is 5.91 Å². The number of nitrogens with two attached hydrogens (primary N) is 1. The van der Waals surface area contributed by atoms with Crippen LogP contribution in [-0.4, -0.2) is 24.7 Å². The SMILES string of the molecule is CC1(NC(=O)c2cc(N)cc(Br)c2)CCOCC1. The zero-order valence-electron chi connectivity index (χ0n) is 10.3. The highest BCUT2D eigenvalue weighted by atomic mass is 79.9. The summed E-state index contributed by atoms with van der Waals surface area (Å²) in [6.45, 7) is 3.43. The average molecular weight is 313 g/mol. The highest BCUT2D eigenvalue weighted by Gasteiger charge is 2.29. The quantitative estimate of drug-likeness (QED) is 0.824. The fourth-order valence-corrected chi connectivity index (χ4v) is 2.55. The van der Waals surface area contributed by atoms with Crippen LogP contribution in [0.5, 0.6) is 0 Å². The van der Waals surface area contributed by atoms with Gasteiger partial charge in [0.2, 0.25) is 0 Å². The third kappa shape index (κ3) is 3.23. The minimum Gasteiger partial charge on any atom is -0.399 e. The van der Waals surface area contributed by atoms with Crippen molar-refractivity contribution in [2.75, 3.05) is 18.9 Å². The zero-order valence-corrected chi connectivity index (χ0v) is 11.9. The number of benzene rings is 1. The fourth-order valence-electron chi connectivity index (χ4n) is 2.04. The van der Waals surface area contributed by atoms with Crippen molar-refractivity contribution in [1.29, 1.82) is 0 Å². The molecule has 0 spiro atoms. The van der Waals surface area contributed by atoms with Crippen molar-refractivity contribution in [3.05, 3.63) is 28.2 Å². The predicted molar refractivity (Wildman–Crippen MR) is 74.5 cm³/mol. The number of hydrogen-bond acceptors (Lipinski definition) is 3. The summed E-state index contributed by atoms with van der Waals surface area (Å²) >= 11 is 3.34. The summed E-state index contributed by atoms with van der Waals surface area (Å²) in [5.74, 6) is -0.0904. The molecule has 0 aromatic heterocycles. The Morgan fingerprint density at radius 1 is 1.39 bits per heavy atom. The number of nitrogens with one attached hydrogen (secondary N) is 1. The monoisotopic (exact) mass is 312 g/mol. The standard InChI is InChI=1S/C13H17BrN2O2/c1-13(2-4-18-5-3-13)16-12(17)9-6-10(14)8-11(15)7-9/h6-8H,2-5,15H2,1H3,(H,16,17). The third-order valence-corrected chi connectivity index (χ3v) is 3.65. The summed E-state index contributed by atoms with van der Waals surface area (Å²) in [5.41, 5.74) is 6.70. The maximum atomic E-state index is 12.2. The summed E-state index contributed by atoms with van der Waals surface area (Å²) in [7, 11) is 0. The molecular formula is C13H17BrN2O2. The maximum absolute atomic E-state index is 12.2. The van der Waals surface area contributed by atoms with Crippen LogP contribution in [-0.2, 0) is 4.74 Å². The Labute approximate surface area is 115 Å². The minimum atomic E-state index is -0.188. The number of rotatable bonds is 2. The number of anilines is 1. The number of halogens is 1. The zero-order chi connectivity index (χ0) is 13.2. The topological polar surface area (TPSA) is 64.4 Å². The molecule has 0 bridgehead atoms. The van der Waals surface area contributed by atoms with Gasteiger partial charge in [-0.25, -0.2) is 0 Å².